The van der Waals surface area contributed by atoms with Gasteiger partial charge in [0.15, 0.2) is 5.82 Å². The molecule has 0 saturated carbocycles. The van der Waals surface area contributed by atoms with Crippen LogP contribution < -0.4 is 0 Å². The van der Waals surface area contributed by atoms with Crippen molar-refractivity contribution in [1.29, 1.82) is 0 Å². The molecule has 3 aromatic heterocycles. The Morgan fingerprint density at radius 2 is 1.83 bits per heavy atom. The molecule has 5 nitrogen and oxygen atoms in total. The molecule has 0 saturated heterocycles. The standard InChI is InChI=1S/C18H14N4OS/c1-11(23)18-20-8-13(9-21-18)12-6-14(15-4-2-3-5-19-15)17-16(7-12)22-10-24-17/h2-11,23H,1H3/t11-/m0/s1. The van der Waals surface area contributed by atoms with Crippen LogP contribution in [0, 0.1) is 0 Å². The van der Waals surface area contributed by atoms with E-state index >= 15 is 0 Å². The summed E-state index contributed by atoms with van der Waals surface area (Å²) in [6, 6.07) is 9.98. The van der Waals surface area contributed by atoms with Crippen LogP contribution in [0.3, 0.4) is 0 Å². The smallest absolute Gasteiger partial charge is 0.156 e. The number of benzene rings is 1. The minimum Gasteiger partial charge on any atom is -0.385 e. The first-order chi connectivity index (χ1) is 11.7. The summed E-state index contributed by atoms with van der Waals surface area (Å²) in [4.78, 5) is 17.4. The molecule has 0 amide bonds. The summed E-state index contributed by atoms with van der Waals surface area (Å²) < 4.78 is 1.11. The van der Waals surface area contributed by atoms with Crippen LogP contribution >= 0.6 is 11.3 Å². The van der Waals surface area contributed by atoms with Gasteiger partial charge < -0.3 is 5.11 Å². The first kappa shape index (κ1) is 14.9. The molecule has 0 spiro atoms. The van der Waals surface area contributed by atoms with Gasteiger partial charge in [0.25, 0.3) is 0 Å². The molecule has 4 aromatic rings. The number of fused-ring (bicyclic) bond motifs is 1. The maximum Gasteiger partial charge on any atom is 0.156 e. The van der Waals surface area contributed by atoms with E-state index in [1.54, 1.807) is 36.9 Å². The van der Waals surface area contributed by atoms with E-state index in [0.29, 0.717) is 5.82 Å². The zero-order valence-electron chi connectivity index (χ0n) is 12.9. The minimum atomic E-state index is -0.677. The van der Waals surface area contributed by atoms with E-state index in [1.165, 1.54) is 0 Å². The Labute approximate surface area is 142 Å². The molecule has 0 aliphatic carbocycles. The van der Waals surface area contributed by atoms with E-state index in [9.17, 15) is 5.11 Å². The molecule has 24 heavy (non-hydrogen) atoms. The minimum absolute atomic E-state index is 0.415. The van der Waals surface area contributed by atoms with Gasteiger partial charge >= 0.3 is 0 Å². The van der Waals surface area contributed by atoms with Crippen molar-refractivity contribution in [3.8, 4) is 22.4 Å². The summed E-state index contributed by atoms with van der Waals surface area (Å²) in [5.74, 6) is 0.415. The van der Waals surface area contributed by atoms with Crippen molar-refractivity contribution in [2.24, 2.45) is 0 Å². The molecule has 6 heteroatoms. The molecule has 0 fully saturated rings. The molecule has 0 bridgehead atoms. The lowest BCUT2D eigenvalue weighted by Crippen LogP contribution is -1.99. The number of nitrogens with zero attached hydrogens (tertiary/aromatic N) is 4. The molecule has 3 heterocycles. The summed E-state index contributed by atoms with van der Waals surface area (Å²) in [7, 11) is 0. The van der Waals surface area contributed by atoms with E-state index in [1.807, 2.05) is 29.8 Å². The van der Waals surface area contributed by atoms with Crippen LogP contribution in [0.2, 0.25) is 0 Å². The highest BCUT2D eigenvalue weighted by molar-refractivity contribution is 7.17. The van der Waals surface area contributed by atoms with Crippen LogP contribution in [0.25, 0.3) is 32.6 Å². The molecule has 4 rings (SSSR count). The van der Waals surface area contributed by atoms with Gasteiger partial charge in [-0.05, 0) is 36.8 Å². The topological polar surface area (TPSA) is 71.8 Å². The average Bonchev–Trinajstić information content (AvgIpc) is 3.10. The van der Waals surface area contributed by atoms with Crippen LogP contribution in [-0.2, 0) is 0 Å². The molecule has 0 unspecified atom stereocenters. The van der Waals surface area contributed by atoms with Crippen molar-refractivity contribution in [2.45, 2.75) is 13.0 Å². The van der Waals surface area contributed by atoms with Crippen LogP contribution in [0.5, 0.6) is 0 Å². The second-order valence-electron chi connectivity index (χ2n) is 5.45. The predicted octanol–water partition coefficient (Wildman–Crippen LogP) is 3.87. The van der Waals surface area contributed by atoms with Crippen LogP contribution in [0.1, 0.15) is 18.9 Å². The van der Waals surface area contributed by atoms with Crippen LogP contribution in [0.4, 0.5) is 0 Å². The predicted molar refractivity (Wildman–Crippen MR) is 94.5 cm³/mol. The maximum atomic E-state index is 9.55. The Balaban J connectivity index is 1.87. The maximum absolute atomic E-state index is 9.55. The normalized spacial score (nSPS) is 12.4. The lowest BCUT2D eigenvalue weighted by Gasteiger charge is -2.08. The molecular formula is C18H14N4OS. The van der Waals surface area contributed by atoms with Gasteiger partial charge in [-0.2, -0.15) is 0 Å². The summed E-state index contributed by atoms with van der Waals surface area (Å²) in [5.41, 5.74) is 6.59. The molecular weight excluding hydrogens is 320 g/mol. The van der Waals surface area contributed by atoms with E-state index in [-0.39, 0.29) is 0 Å². The van der Waals surface area contributed by atoms with Gasteiger partial charge in [-0.25, -0.2) is 15.0 Å². The van der Waals surface area contributed by atoms with E-state index in [2.05, 4.69) is 26.0 Å². The van der Waals surface area contributed by atoms with E-state index < -0.39 is 6.10 Å². The van der Waals surface area contributed by atoms with Crippen molar-refractivity contribution in [3.05, 3.63) is 60.3 Å². The number of pyridine rings is 1. The number of hydrogen-bond donors (Lipinski definition) is 1. The molecule has 1 atom stereocenters. The zero-order chi connectivity index (χ0) is 16.5. The third-order valence-corrected chi connectivity index (χ3v) is 4.63. The Morgan fingerprint density at radius 3 is 2.54 bits per heavy atom. The fraction of sp³-hybridized carbons (Fsp3) is 0.111. The number of rotatable bonds is 3. The number of aliphatic hydroxyl groups excluding tert-OH is 1. The Morgan fingerprint density at radius 1 is 1.00 bits per heavy atom. The van der Waals surface area contributed by atoms with Crippen molar-refractivity contribution in [2.75, 3.05) is 0 Å². The highest BCUT2D eigenvalue weighted by Gasteiger charge is 2.12. The second-order valence-corrected chi connectivity index (χ2v) is 6.30. The van der Waals surface area contributed by atoms with E-state index in [4.69, 9.17) is 0 Å². The van der Waals surface area contributed by atoms with Crippen molar-refractivity contribution >= 4 is 21.6 Å². The second kappa shape index (κ2) is 6.07. The van der Waals surface area contributed by atoms with E-state index in [0.717, 1.165) is 32.6 Å². The molecule has 0 aliphatic rings. The summed E-state index contributed by atoms with van der Waals surface area (Å²) in [5, 5.41) is 9.55. The van der Waals surface area contributed by atoms with Gasteiger partial charge in [0, 0.05) is 29.7 Å². The van der Waals surface area contributed by atoms with Crippen molar-refractivity contribution in [3.63, 3.8) is 0 Å². The van der Waals surface area contributed by atoms with Gasteiger partial charge in [0.05, 0.1) is 21.4 Å². The lowest BCUT2D eigenvalue weighted by molar-refractivity contribution is 0.189. The Hall–Kier alpha value is -2.70. The summed E-state index contributed by atoms with van der Waals surface area (Å²) in [6.07, 6.45) is 4.56. The fourth-order valence-electron chi connectivity index (χ4n) is 2.55. The first-order valence-electron chi connectivity index (χ1n) is 7.51. The summed E-state index contributed by atoms with van der Waals surface area (Å²) in [6.45, 7) is 1.65. The average molecular weight is 334 g/mol. The molecule has 0 radical (unpaired) electrons. The third kappa shape index (κ3) is 2.66. The van der Waals surface area contributed by atoms with Crippen molar-refractivity contribution < 1.29 is 5.11 Å². The van der Waals surface area contributed by atoms with Gasteiger partial charge in [-0.15, -0.1) is 11.3 Å². The highest BCUT2D eigenvalue weighted by atomic mass is 32.1. The quantitative estimate of drug-likeness (QED) is 0.616. The van der Waals surface area contributed by atoms with Crippen molar-refractivity contribution in [1.82, 2.24) is 19.9 Å². The number of hydrogen-bond acceptors (Lipinski definition) is 6. The fourth-order valence-corrected chi connectivity index (χ4v) is 3.35. The molecule has 118 valence electrons. The molecule has 1 aromatic carbocycles. The number of aliphatic hydroxyl groups is 1. The lowest BCUT2D eigenvalue weighted by atomic mass is 10.0. The number of aromatic nitrogens is 4. The van der Waals surface area contributed by atoms with Crippen LogP contribution in [-0.4, -0.2) is 25.0 Å². The van der Waals surface area contributed by atoms with Crippen LogP contribution in [0.15, 0.2) is 54.4 Å². The molecule has 0 aliphatic heterocycles. The monoisotopic (exact) mass is 334 g/mol. The first-order valence-corrected chi connectivity index (χ1v) is 8.39. The third-order valence-electron chi connectivity index (χ3n) is 3.75. The zero-order valence-corrected chi connectivity index (χ0v) is 13.7. The molecule has 1 N–H and O–H groups in total. The SMILES string of the molecule is C[C@H](O)c1ncc(-c2cc(-c3ccccn3)c3scnc3c2)cn1. The Bertz CT molecular complexity index is 981. The van der Waals surface area contributed by atoms with Gasteiger partial charge in [0.2, 0.25) is 0 Å². The summed E-state index contributed by atoms with van der Waals surface area (Å²) >= 11 is 1.60. The van der Waals surface area contributed by atoms with Gasteiger partial charge in [-0.1, -0.05) is 6.07 Å². The largest absolute Gasteiger partial charge is 0.385 e. The van der Waals surface area contributed by atoms with Gasteiger partial charge in [0.1, 0.15) is 6.10 Å². The number of thiazole rings is 1. The van der Waals surface area contributed by atoms with Gasteiger partial charge in [-0.3, -0.25) is 4.98 Å². The Kier molecular flexibility index (Phi) is 3.76. The highest BCUT2D eigenvalue weighted by Crippen LogP contribution is 2.34.